The number of rotatable bonds is 9. The molecule has 1 N–H and O–H groups in total. The largest absolute Gasteiger partial charge is 0.478 e. The summed E-state index contributed by atoms with van der Waals surface area (Å²) >= 11 is 0. The van der Waals surface area contributed by atoms with Crippen LogP contribution in [-0.4, -0.2) is 30.2 Å². The number of hydrogen-bond donors (Lipinski definition) is 1. The van der Waals surface area contributed by atoms with Gasteiger partial charge in [-0.05, 0) is 18.4 Å². The van der Waals surface area contributed by atoms with E-state index in [1.54, 1.807) is 7.11 Å². The Balaban J connectivity index is 1.97. The summed E-state index contributed by atoms with van der Waals surface area (Å²) in [4.78, 5) is 8.76. The fourth-order valence-corrected chi connectivity index (χ4v) is 2.02. The average molecular weight is 301 g/mol. The Morgan fingerprint density at radius 2 is 1.95 bits per heavy atom. The Bertz CT molecular complexity index is 561. The van der Waals surface area contributed by atoms with Crippen molar-refractivity contribution in [3.63, 3.8) is 0 Å². The molecular formula is C17H23N3O2. The van der Waals surface area contributed by atoms with Crippen molar-refractivity contribution in [2.45, 2.75) is 26.4 Å². The Kier molecular flexibility index (Phi) is 6.64. The Hall–Kier alpha value is -2.14. The lowest BCUT2D eigenvalue weighted by Gasteiger charge is -2.10. The van der Waals surface area contributed by atoms with Gasteiger partial charge in [-0.15, -0.1) is 0 Å². The van der Waals surface area contributed by atoms with Crippen LogP contribution in [0.1, 0.15) is 24.7 Å². The van der Waals surface area contributed by atoms with Crippen molar-refractivity contribution in [2.75, 3.05) is 25.6 Å². The van der Waals surface area contributed by atoms with Crippen LogP contribution >= 0.6 is 0 Å². The molecule has 0 atom stereocenters. The molecular weight excluding hydrogens is 278 g/mol. The number of anilines is 1. The minimum atomic E-state index is 0.372. The number of nitrogens with one attached hydrogen (secondary N) is 1. The summed E-state index contributed by atoms with van der Waals surface area (Å²) in [6, 6.07) is 12.2. The van der Waals surface area contributed by atoms with Gasteiger partial charge in [0.25, 0.3) is 0 Å². The van der Waals surface area contributed by atoms with Gasteiger partial charge < -0.3 is 14.8 Å². The van der Waals surface area contributed by atoms with Gasteiger partial charge in [0.1, 0.15) is 12.4 Å². The van der Waals surface area contributed by atoms with Crippen molar-refractivity contribution in [2.24, 2.45) is 0 Å². The molecule has 0 aliphatic heterocycles. The van der Waals surface area contributed by atoms with E-state index in [2.05, 4.69) is 34.3 Å². The molecule has 0 fully saturated rings. The van der Waals surface area contributed by atoms with Gasteiger partial charge >= 0.3 is 0 Å². The van der Waals surface area contributed by atoms with Gasteiger partial charge in [-0.1, -0.05) is 37.3 Å². The highest BCUT2D eigenvalue weighted by atomic mass is 16.5. The van der Waals surface area contributed by atoms with Crippen molar-refractivity contribution in [1.29, 1.82) is 0 Å². The van der Waals surface area contributed by atoms with Gasteiger partial charge in [0.2, 0.25) is 5.88 Å². The maximum atomic E-state index is 5.60. The van der Waals surface area contributed by atoms with Crippen LogP contribution in [0.25, 0.3) is 0 Å². The maximum absolute atomic E-state index is 5.60. The third kappa shape index (κ3) is 5.33. The third-order valence-corrected chi connectivity index (χ3v) is 3.04. The monoisotopic (exact) mass is 301 g/mol. The first-order chi connectivity index (χ1) is 10.8. The van der Waals surface area contributed by atoms with Crippen LogP contribution in [0.15, 0.2) is 36.4 Å². The van der Waals surface area contributed by atoms with E-state index < -0.39 is 0 Å². The van der Waals surface area contributed by atoms with Crippen molar-refractivity contribution in [3.8, 4) is 5.88 Å². The second-order valence-corrected chi connectivity index (χ2v) is 4.95. The second kappa shape index (κ2) is 9.00. The molecule has 0 radical (unpaired) electrons. The van der Waals surface area contributed by atoms with Crippen LogP contribution in [0.2, 0.25) is 0 Å². The summed E-state index contributed by atoms with van der Waals surface area (Å²) in [6.45, 7) is 3.89. The molecule has 5 heteroatoms. The first-order valence-electron chi connectivity index (χ1n) is 7.59. The molecule has 2 aromatic rings. The van der Waals surface area contributed by atoms with Crippen molar-refractivity contribution >= 4 is 5.82 Å². The molecule has 0 aliphatic carbocycles. The van der Waals surface area contributed by atoms with Crippen LogP contribution in [-0.2, 0) is 17.8 Å². The molecule has 0 bridgehead atoms. The molecule has 2 rings (SSSR count). The van der Waals surface area contributed by atoms with E-state index in [1.165, 1.54) is 5.56 Å². The minimum Gasteiger partial charge on any atom is -0.478 e. The normalized spacial score (nSPS) is 10.5. The molecule has 1 heterocycles. The van der Waals surface area contributed by atoms with Crippen molar-refractivity contribution in [3.05, 3.63) is 47.8 Å². The molecule has 5 nitrogen and oxygen atoms in total. The molecule has 0 spiro atoms. The van der Waals surface area contributed by atoms with Crippen LogP contribution < -0.4 is 10.1 Å². The highest BCUT2D eigenvalue weighted by Gasteiger charge is 2.05. The van der Waals surface area contributed by atoms with Gasteiger partial charge in [-0.25, -0.2) is 4.98 Å². The summed E-state index contributed by atoms with van der Waals surface area (Å²) in [7, 11) is 1.63. The Morgan fingerprint density at radius 3 is 2.68 bits per heavy atom. The number of nitrogens with zero attached hydrogens (tertiary/aromatic N) is 2. The van der Waals surface area contributed by atoms with Gasteiger partial charge in [-0.3, -0.25) is 0 Å². The molecule has 0 saturated carbocycles. The standard InChI is InChI=1S/C17H23N3O2/c1-3-11-22-17-12-15(19-16(20-17)13-21-2)18-10-9-14-7-5-4-6-8-14/h4-8,12H,3,9-11,13H2,1-2H3,(H,18,19,20). The predicted molar refractivity (Wildman–Crippen MR) is 87.2 cm³/mol. The topological polar surface area (TPSA) is 56.3 Å². The first kappa shape index (κ1) is 16.2. The van der Waals surface area contributed by atoms with Gasteiger partial charge in [-0.2, -0.15) is 4.98 Å². The molecule has 22 heavy (non-hydrogen) atoms. The molecule has 118 valence electrons. The Morgan fingerprint density at radius 1 is 1.14 bits per heavy atom. The molecule has 0 amide bonds. The van der Waals surface area contributed by atoms with Crippen LogP contribution in [0, 0.1) is 0 Å². The van der Waals surface area contributed by atoms with E-state index in [-0.39, 0.29) is 0 Å². The van der Waals surface area contributed by atoms with Gasteiger partial charge in [0.05, 0.1) is 6.61 Å². The molecule has 1 aromatic carbocycles. The van der Waals surface area contributed by atoms with E-state index in [9.17, 15) is 0 Å². The highest BCUT2D eigenvalue weighted by molar-refractivity contribution is 5.38. The second-order valence-electron chi connectivity index (χ2n) is 4.95. The third-order valence-electron chi connectivity index (χ3n) is 3.04. The summed E-state index contributed by atoms with van der Waals surface area (Å²) in [5.41, 5.74) is 1.30. The number of aromatic nitrogens is 2. The summed E-state index contributed by atoms with van der Waals surface area (Å²) < 4.78 is 10.7. The lowest BCUT2D eigenvalue weighted by molar-refractivity contribution is 0.176. The summed E-state index contributed by atoms with van der Waals surface area (Å²) in [6.07, 6.45) is 1.88. The van der Waals surface area contributed by atoms with Crippen LogP contribution in [0.5, 0.6) is 5.88 Å². The van der Waals surface area contributed by atoms with E-state index >= 15 is 0 Å². The lowest BCUT2D eigenvalue weighted by Crippen LogP contribution is -2.10. The van der Waals surface area contributed by atoms with Gasteiger partial charge in [0.15, 0.2) is 5.82 Å². The quantitative estimate of drug-likeness (QED) is 0.771. The SMILES string of the molecule is CCCOc1cc(NCCc2ccccc2)nc(COC)n1. The highest BCUT2D eigenvalue weighted by Crippen LogP contribution is 2.14. The van der Waals surface area contributed by atoms with E-state index in [1.807, 2.05) is 24.3 Å². The maximum Gasteiger partial charge on any atom is 0.218 e. The van der Waals surface area contributed by atoms with E-state index in [4.69, 9.17) is 9.47 Å². The predicted octanol–water partition coefficient (Wildman–Crippen LogP) is 3.07. The van der Waals surface area contributed by atoms with Crippen molar-refractivity contribution < 1.29 is 9.47 Å². The van der Waals surface area contributed by atoms with Gasteiger partial charge in [0, 0.05) is 19.7 Å². The summed E-state index contributed by atoms with van der Waals surface area (Å²) in [5, 5.41) is 3.32. The molecule has 0 unspecified atom stereocenters. The zero-order valence-corrected chi connectivity index (χ0v) is 13.2. The Labute approximate surface area is 131 Å². The smallest absolute Gasteiger partial charge is 0.218 e. The average Bonchev–Trinajstić information content (AvgIpc) is 2.54. The zero-order valence-electron chi connectivity index (χ0n) is 13.2. The number of methoxy groups -OCH3 is 1. The fourth-order valence-electron chi connectivity index (χ4n) is 2.02. The number of ether oxygens (including phenoxy) is 2. The van der Waals surface area contributed by atoms with Crippen LogP contribution in [0.3, 0.4) is 0 Å². The fraction of sp³-hybridized carbons (Fsp3) is 0.412. The number of hydrogen-bond acceptors (Lipinski definition) is 5. The zero-order chi connectivity index (χ0) is 15.6. The number of benzene rings is 1. The molecule has 1 aromatic heterocycles. The minimum absolute atomic E-state index is 0.372. The van der Waals surface area contributed by atoms with E-state index in [0.717, 1.165) is 25.2 Å². The lowest BCUT2D eigenvalue weighted by atomic mass is 10.1. The molecule has 0 aliphatic rings. The molecule has 0 saturated heterocycles. The van der Waals surface area contributed by atoms with Crippen LogP contribution in [0.4, 0.5) is 5.82 Å². The summed E-state index contributed by atoms with van der Waals surface area (Å²) in [5.74, 6) is 1.98. The van der Waals surface area contributed by atoms with Crippen molar-refractivity contribution in [1.82, 2.24) is 9.97 Å². The van der Waals surface area contributed by atoms with E-state index in [0.29, 0.717) is 24.9 Å². The first-order valence-corrected chi connectivity index (χ1v) is 7.59.